The van der Waals surface area contributed by atoms with Gasteiger partial charge >= 0.3 is 0 Å². The predicted molar refractivity (Wildman–Crippen MR) is 155 cm³/mol. The van der Waals surface area contributed by atoms with Crippen molar-refractivity contribution in [1.29, 1.82) is 0 Å². The van der Waals surface area contributed by atoms with Gasteiger partial charge in [-0.3, -0.25) is 0 Å². The second-order valence-corrected chi connectivity index (χ2v) is 11.6. The number of hydrogen-bond acceptors (Lipinski definition) is 8. The number of nitrogens with two attached hydrogens (primary N) is 1. The molecule has 0 saturated carbocycles. The molecule has 3 rings (SSSR count). The van der Waals surface area contributed by atoms with Gasteiger partial charge in [0, 0.05) is 48.2 Å². The number of anilines is 1. The fraction of sp³-hybridized carbons (Fsp3) is 0.448. The monoisotopic (exact) mass is 550 g/mol. The van der Waals surface area contributed by atoms with Crippen molar-refractivity contribution in [2.45, 2.75) is 82.4 Å². The van der Waals surface area contributed by atoms with E-state index in [4.69, 9.17) is 10.7 Å². The number of unbranched alkanes of at least 4 members (excludes halogenated alkanes) is 5. The van der Waals surface area contributed by atoms with Gasteiger partial charge in [0.2, 0.25) is 0 Å². The molecule has 3 aromatic rings. The first-order chi connectivity index (χ1) is 18.8. The molecule has 3 heterocycles. The molecule has 0 aliphatic rings. The fourth-order valence-electron chi connectivity index (χ4n) is 4.59. The van der Waals surface area contributed by atoms with E-state index in [1.165, 1.54) is 42.5 Å². The third-order valence-electron chi connectivity index (χ3n) is 6.66. The number of aromatic nitrogens is 5. The van der Waals surface area contributed by atoms with Crippen LogP contribution in [-0.2, 0) is 21.1 Å². The molecule has 0 bridgehead atoms. The van der Waals surface area contributed by atoms with Gasteiger partial charge in [-0.25, -0.2) is 28.2 Å². The number of carbonyl (C=O) groups excluding carboxylic acids is 1. The molecule has 208 valence electrons. The summed E-state index contributed by atoms with van der Waals surface area (Å²) in [6.07, 6.45) is 23.6. The molecular formula is C29H38N6O3S. The topological polar surface area (TPSA) is 133 Å². The maximum absolute atomic E-state index is 12.9. The van der Waals surface area contributed by atoms with Crippen molar-refractivity contribution in [2.24, 2.45) is 0 Å². The molecule has 0 aliphatic heterocycles. The lowest BCUT2D eigenvalue weighted by molar-refractivity contribution is 0.514. The van der Waals surface area contributed by atoms with Gasteiger partial charge in [0.1, 0.15) is 22.5 Å². The summed E-state index contributed by atoms with van der Waals surface area (Å²) in [5.74, 6) is 2.35. The van der Waals surface area contributed by atoms with Crippen LogP contribution in [0.15, 0.2) is 53.9 Å². The highest BCUT2D eigenvalue weighted by molar-refractivity contribution is 7.91. The van der Waals surface area contributed by atoms with E-state index < -0.39 is 9.84 Å². The minimum atomic E-state index is -3.64. The van der Waals surface area contributed by atoms with Crippen LogP contribution in [0.1, 0.15) is 82.7 Å². The number of sulfone groups is 1. The predicted octanol–water partition coefficient (Wildman–Crippen LogP) is 5.46. The van der Waals surface area contributed by atoms with E-state index in [9.17, 15) is 13.2 Å². The highest BCUT2D eigenvalue weighted by atomic mass is 32.2. The minimum absolute atomic E-state index is 0.0302. The molecule has 1 unspecified atom stereocenters. The highest BCUT2D eigenvalue weighted by Crippen LogP contribution is 2.35. The van der Waals surface area contributed by atoms with Crippen molar-refractivity contribution in [1.82, 2.24) is 24.6 Å². The molecule has 1 atom stereocenters. The highest BCUT2D eigenvalue weighted by Gasteiger charge is 2.28. The first-order valence-corrected chi connectivity index (χ1v) is 15.4. The third kappa shape index (κ3) is 7.94. The fourth-order valence-corrected chi connectivity index (χ4v) is 5.65. The maximum atomic E-state index is 12.9. The van der Waals surface area contributed by atoms with E-state index in [0.29, 0.717) is 34.7 Å². The van der Waals surface area contributed by atoms with E-state index in [1.807, 2.05) is 6.08 Å². The Morgan fingerprint density at radius 1 is 1.03 bits per heavy atom. The van der Waals surface area contributed by atoms with Crippen LogP contribution in [-0.4, -0.2) is 45.2 Å². The second-order valence-electron chi connectivity index (χ2n) is 9.63. The number of nitrogen functional groups attached to an aromatic ring is 1. The molecule has 0 saturated heterocycles. The molecule has 0 amide bonds. The summed E-state index contributed by atoms with van der Waals surface area (Å²) >= 11 is 0. The largest absolute Gasteiger partial charge is 0.382 e. The van der Waals surface area contributed by atoms with E-state index in [1.54, 1.807) is 42.8 Å². The third-order valence-corrected chi connectivity index (χ3v) is 7.82. The van der Waals surface area contributed by atoms with Crippen molar-refractivity contribution >= 4 is 27.2 Å². The molecule has 9 nitrogen and oxygen atoms in total. The molecule has 10 heteroatoms. The summed E-state index contributed by atoms with van der Waals surface area (Å²) < 4.78 is 27.1. The van der Waals surface area contributed by atoms with Gasteiger partial charge in [0.15, 0.2) is 15.5 Å². The van der Waals surface area contributed by atoms with Crippen LogP contribution in [0.3, 0.4) is 0 Å². The van der Waals surface area contributed by atoms with Crippen molar-refractivity contribution < 1.29 is 13.2 Å². The molecule has 0 aliphatic carbocycles. The van der Waals surface area contributed by atoms with Crippen LogP contribution in [0, 0.1) is 0 Å². The molecule has 2 N–H and O–H groups in total. The van der Waals surface area contributed by atoms with Crippen molar-refractivity contribution in [3.8, 4) is 11.1 Å². The zero-order chi connectivity index (χ0) is 28.3. The molecule has 0 spiro atoms. The summed E-state index contributed by atoms with van der Waals surface area (Å²) in [4.78, 5) is 24.0. The average Bonchev–Trinajstić information content (AvgIpc) is 3.34. The lowest BCUT2D eigenvalue weighted by atomic mass is 9.94. The van der Waals surface area contributed by atoms with Gasteiger partial charge in [-0.05, 0) is 12.8 Å². The Balaban J connectivity index is 1.92. The van der Waals surface area contributed by atoms with Gasteiger partial charge < -0.3 is 5.73 Å². The van der Waals surface area contributed by atoms with Crippen LogP contribution >= 0.6 is 0 Å². The minimum Gasteiger partial charge on any atom is -0.382 e. The first kappa shape index (κ1) is 29.9. The molecule has 0 aromatic carbocycles. The van der Waals surface area contributed by atoms with Gasteiger partial charge in [-0.2, -0.15) is 9.61 Å². The Bertz CT molecular complexity index is 1450. The quantitative estimate of drug-likeness (QED) is 0.150. The van der Waals surface area contributed by atoms with Gasteiger partial charge in [-0.1, -0.05) is 76.7 Å². The number of hydrogen-bond donors (Lipinski definition) is 1. The average molecular weight is 551 g/mol. The van der Waals surface area contributed by atoms with E-state index in [-0.39, 0.29) is 16.6 Å². The molecule has 3 aromatic heterocycles. The Hall–Kier alpha value is -3.62. The van der Waals surface area contributed by atoms with Crippen LogP contribution < -0.4 is 5.73 Å². The lowest BCUT2D eigenvalue weighted by Gasteiger charge is -2.19. The van der Waals surface area contributed by atoms with Crippen molar-refractivity contribution in [2.75, 3.05) is 12.0 Å². The number of rotatable bonds is 15. The zero-order valence-electron chi connectivity index (χ0n) is 23.0. The van der Waals surface area contributed by atoms with Crippen LogP contribution in [0.4, 0.5) is 5.82 Å². The molecule has 39 heavy (non-hydrogen) atoms. The Morgan fingerprint density at radius 2 is 1.74 bits per heavy atom. The van der Waals surface area contributed by atoms with Crippen molar-refractivity contribution in [3.05, 3.63) is 60.5 Å². The zero-order valence-corrected chi connectivity index (χ0v) is 23.8. The maximum Gasteiger partial charge on any atom is 0.180 e. The number of allylic oxidation sites excluding steroid dienone is 5. The number of fused-ring (bicyclic) bond motifs is 1. The van der Waals surface area contributed by atoms with Crippen LogP contribution in [0.25, 0.3) is 16.8 Å². The Kier molecular flexibility index (Phi) is 11.1. The SMILES string of the molecule is CCCCCCCCC(CC)c1nc2c(-c3cnc(C/C=C\C=C/C=C=O)nc3)cnn2c(N)c1S(C)(=O)=O. The van der Waals surface area contributed by atoms with E-state index in [0.717, 1.165) is 25.7 Å². The number of nitrogens with zero attached hydrogens (tertiary/aromatic N) is 5. The molecular weight excluding hydrogens is 512 g/mol. The first-order valence-electron chi connectivity index (χ1n) is 13.5. The summed E-state index contributed by atoms with van der Waals surface area (Å²) in [5, 5.41) is 4.37. The standard InChI is InChI=1S/C29H38N6O3S/c1-4-6-7-8-10-13-16-22(5-2)26-27(39(3,37)38)28(30)35-29(34-26)24(21-33-35)23-19-31-25(32-20-23)17-14-11-9-12-15-18-36/h9,11-12,14-15,19-22H,4-8,10,13,16-17,30H2,1-3H3/b12-9-,14-11-. The van der Waals surface area contributed by atoms with Gasteiger partial charge in [-0.15, -0.1) is 0 Å². The van der Waals surface area contributed by atoms with E-state index in [2.05, 4.69) is 28.9 Å². The summed E-state index contributed by atoms with van der Waals surface area (Å²) in [6.45, 7) is 4.26. The Labute approximate surface area is 230 Å². The van der Waals surface area contributed by atoms with Crippen molar-refractivity contribution in [3.63, 3.8) is 0 Å². The molecule has 0 radical (unpaired) electrons. The normalized spacial score (nSPS) is 12.9. The van der Waals surface area contributed by atoms with E-state index >= 15 is 0 Å². The Morgan fingerprint density at radius 3 is 2.41 bits per heavy atom. The van der Waals surface area contributed by atoms with Crippen LogP contribution in [0.2, 0.25) is 0 Å². The van der Waals surface area contributed by atoms with Gasteiger partial charge in [0.25, 0.3) is 0 Å². The molecule has 0 fully saturated rings. The smallest absolute Gasteiger partial charge is 0.180 e. The summed E-state index contributed by atoms with van der Waals surface area (Å²) in [7, 11) is -3.64. The summed E-state index contributed by atoms with van der Waals surface area (Å²) in [5.41, 5.74) is 8.83. The van der Waals surface area contributed by atoms with Gasteiger partial charge in [0.05, 0.1) is 11.9 Å². The van der Waals surface area contributed by atoms with Crippen LogP contribution in [0.5, 0.6) is 0 Å². The summed E-state index contributed by atoms with van der Waals surface area (Å²) in [6, 6.07) is 0. The second kappa shape index (κ2) is 14.5. The lowest BCUT2D eigenvalue weighted by Crippen LogP contribution is -2.16.